The van der Waals surface area contributed by atoms with E-state index < -0.39 is 0 Å². The van der Waals surface area contributed by atoms with Crippen molar-refractivity contribution in [2.24, 2.45) is 5.10 Å². The average Bonchev–Trinajstić information content (AvgIpc) is 2.86. The molecule has 3 rings (SSSR count). The molecule has 0 spiro atoms. The summed E-state index contributed by atoms with van der Waals surface area (Å²) in [5.74, 6) is 0.00358. The van der Waals surface area contributed by atoms with Crippen molar-refractivity contribution in [2.75, 3.05) is 0 Å². The molecule has 3 aromatic carbocycles. The largest absolute Gasteiger partial charge is 0.273 e. The van der Waals surface area contributed by atoms with Crippen LogP contribution in [0.2, 0.25) is 0 Å². The molecule has 0 heterocycles. The van der Waals surface area contributed by atoms with Gasteiger partial charge in [0.25, 0.3) is 0 Å². The summed E-state index contributed by atoms with van der Waals surface area (Å²) < 4.78 is 0. The standard InChI is InChI=1S/C31H42N2O/c1-2-3-4-5-6-7-8-9-10-11-12-13-14-23-31(34)33-32-25-30-28-21-17-15-19-26(28)24-27-20-16-18-22-29(27)30/h15-22,24-25H,2-14,23H2,1H3,(H,33,34). The molecule has 0 saturated heterocycles. The molecule has 0 aliphatic rings. The van der Waals surface area contributed by atoms with E-state index in [1.807, 2.05) is 12.1 Å². The monoisotopic (exact) mass is 458 g/mol. The second-order valence-electron chi connectivity index (χ2n) is 9.52. The molecule has 3 nitrogen and oxygen atoms in total. The van der Waals surface area contributed by atoms with E-state index in [0.29, 0.717) is 6.42 Å². The molecule has 3 aromatic rings. The van der Waals surface area contributed by atoms with Gasteiger partial charge in [0.1, 0.15) is 0 Å². The Labute approximate surface area is 206 Å². The fraction of sp³-hybridized carbons (Fsp3) is 0.484. The van der Waals surface area contributed by atoms with Crippen molar-refractivity contribution in [3.63, 3.8) is 0 Å². The number of carbonyl (C=O) groups is 1. The highest BCUT2D eigenvalue weighted by atomic mass is 16.2. The van der Waals surface area contributed by atoms with Crippen LogP contribution >= 0.6 is 0 Å². The van der Waals surface area contributed by atoms with Crippen molar-refractivity contribution in [2.45, 2.75) is 96.8 Å². The number of benzene rings is 3. The quantitative estimate of drug-likeness (QED) is 0.0989. The Morgan fingerprint density at radius 1 is 0.706 bits per heavy atom. The average molecular weight is 459 g/mol. The summed E-state index contributed by atoms with van der Waals surface area (Å²) in [6.45, 7) is 2.27. The summed E-state index contributed by atoms with van der Waals surface area (Å²) in [5, 5.41) is 8.96. The first-order valence-corrected chi connectivity index (χ1v) is 13.5. The minimum Gasteiger partial charge on any atom is -0.273 e. The van der Waals surface area contributed by atoms with Gasteiger partial charge in [-0.1, -0.05) is 133 Å². The Kier molecular flexibility index (Phi) is 11.6. The Bertz CT molecular complexity index is 986. The first kappa shape index (κ1) is 25.9. The van der Waals surface area contributed by atoms with E-state index in [1.165, 1.54) is 81.4 Å². The highest BCUT2D eigenvalue weighted by Crippen LogP contribution is 2.27. The fourth-order valence-corrected chi connectivity index (χ4v) is 4.72. The van der Waals surface area contributed by atoms with E-state index in [2.05, 4.69) is 59.9 Å². The van der Waals surface area contributed by atoms with E-state index in [4.69, 9.17) is 0 Å². The summed E-state index contributed by atoms with van der Waals surface area (Å²) >= 11 is 0. The van der Waals surface area contributed by atoms with Crippen LogP contribution in [0.25, 0.3) is 21.5 Å². The van der Waals surface area contributed by atoms with Gasteiger partial charge in [-0.15, -0.1) is 0 Å². The molecule has 0 aromatic heterocycles. The van der Waals surface area contributed by atoms with Gasteiger partial charge in [-0.05, 0) is 34.0 Å². The van der Waals surface area contributed by atoms with Gasteiger partial charge >= 0.3 is 0 Å². The molecule has 0 radical (unpaired) electrons. The topological polar surface area (TPSA) is 41.5 Å². The smallest absolute Gasteiger partial charge is 0.240 e. The molecule has 1 N–H and O–H groups in total. The maximum absolute atomic E-state index is 12.2. The Hall–Kier alpha value is -2.68. The Morgan fingerprint density at radius 3 is 1.71 bits per heavy atom. The lowest BCUT2D eigenvalue weighted by Gasteiger charge is -2.08. The van der Waals surface area contributed by atoms with Crippen molar-refractivity contribution in [1.82, 2.24) is 5.43 Å². The maximum atomic E-state index is 12.2. The lowest BCUT2D eigenvalue weighted by atomic mass is 9.97. The minimum absolute atomic E-state index is 0.00358. The van der Waals surface area contributed by atoms with Crippen LogP contribution < -0.4 is 5.43 Å². The number of nitrogens with zero attached hydrogens (tertiary/aromatic N) is 1. The molecule has 0 unspecified atom stereocenters. The number of hydrogen-bond donors (Lipinski definition) is 1. The third-order valence-corrected chi connectivity index (χ3v) is 6.70. The van der Waals surface area contributed by atoms with Crippen molar-refractivity contribution >= 4 is 33.7 Å². The first-order chi connectivity index (χ1) is 16.8. The maximum Gasteiger partial charge on any atom is 0.240 e. The second kappa shape index (κ2) is 15.3. The normalized spacial score (nSPS) is 11.6. The van der Waals surface area contributed by atoms with Crippen LogP contribution in [0.3, 0.4) is 0 Å². The molecule has 1 amide bonds. The number of nitrogens with one attached hydrogen (secondary N) is 1. The number of amides is 1. The lowest BCUT2D eigenvalue weighted by molar-refractivity contribution is -0.121. The van der Waals surface area contributed by atoms with Crippen LogP contribution in [-0.2, 0) is 4.79 Å². The molecule has 0 bridgehead atoms. The predicted molar refractivity (Wildman–Crippen MR) is 148 cm³/mol. The summed E-state index contributed by atoms with van der Waals surface area (Å²) in [5.41, 5.74) is 3.79. The molecule has 0 saturated carbocycles. The summed E-state index contributed by atoms with van der Waals surface area (Å²) in [6.07, 6.45) is 19.4. The van der Waals surface area contributed by atoms with Gasteiger partial charge < -0.3 is 0 Å². The van der Waals surface area contributed by atoms with E-state index in [9.17, 15) is 4.79 Å². The third-order valence-electron chi connectivity index (χ3n) is 6.70. The number of hydrogen-bond acceptors (Lipinski definition) is 2. The lowest BCUT2D eigenvalue weighted by Crippen LogP contribution is -2.16. The fourth-order valence-electron chi connectivity index (χ4n) is 4.72. The molecular formula is C31H42N2O. The Morgan fingerprint density at radius 2 is 1.18 bits per heavy atom. The van der Waals surface area contributed by atoms with Gasteiger partial charge in [-0.25, -0.2) is 5.43 Å². The predicted octanol–water partition coefficient (Wildman–Crippen LogP) is 8.92. The van der Waals surface area contributed by atoms with Gasteiger partial charge in [-0.3, -0.25) is 4.79 Å². The molecule has 3 heteroatoms. The van der Waals surface area contributed by atoms with Crippen LogP contribution in [0.5, 0.6) is 0 Å². The zero-order valence-electron chi connectivity index (χ0n) is 21.0. The first-order valence-electron chi connectivity index (χ1n) is 13.5. The van der Waals surface area contributed by atoms with Gasteiger partial charge in [0.05, 0.1) is 6.21 Å². The third kappa shape index (κ3) is 8.59. The van der Waals surface area contributed by atoms with Crippen LogP contribution in [0.4, 0.5) is 0 Å². The van der Waals surface area contributed by atoms with Crippen LogP contribution in [0.15, 0.2) is 59.7 Å². The number of fused-ring (bicyclic) bond motifs is 2. The molecule has 0 aliphatic heterocycles. The van der Waals surface area contributed by atoms with Crippen LogP contribution in [0, 0.1) is 0 Å². The van der Waals surface area contributed by atoms with Crippen molar-refractivity contribution in [3.05, 3.63) is 60.2 Å². The van der Waals surface area contributed by atoms with Gasteiger partial charge in [0, 0.05) is 12.0 Å². The van der Waals surface area contributed by atoms with E-state index in [-0.39, 0.29) is 5.91 Å². The van der Waals surface area contributed by atoms with Gasteiger partial charge in [-0.2, -0.15) is 5.10 Å². The summed E-state index contributed by atoms with van der Waals surface area (Å²) in [4.78, 5) is 12.2. The summed E-state index contributed by atoms with van der Waals surface area (Å²) in [6, 6.07) is 18.8. The zero-order chi connectivity index (χ0) is 23.8. The van der Waals surface area contributed by atoms with Crippen LogP contribution in [0.1, 0.15) is 102 Å². The molecule has 0 fully saturated rings. The SMILES string of the molecule is CCCCCCCCCCCCCCCC(=O)NN=Cc1c2ccccc2cc2ccccc12. The van der Waals surface area contributed by atoms with E-state index in [0.717, 1.165) is 29.2 Å². The van der Waals surface area contributed by atoms with Crippen LogP contribution in [-0.4, -0.2) is 12.1 Å². The minimum atomic E-state index is 0.00358. The number of hydrazone groups is 1. The molecule has 34 heavy (non-hydrogen) atoms. The number of carbonyl (C=O) groups excluding carboxylic acids is 1. The van der Waals surface area contributed by atoms with E-state index in [1.54, 1.807) is 6.21 Å². The van der Waals surface area contributed by atoms with Crippen molar-refractivity contribution in [1.29, 1.82) is 0 Å². The number of rotatable bonds is 16. The molecule has 182 valence electrons. The van der Waals surface area contributed by atoms with E-state index >= 15 is 0 Å². The number of unbranched alkanes of at least 4 members (excludes halogenated alkanes) is 12. The second-order valence-corrected chi connectivity index (χ2v) is 9.52. The van der Waals surface area contributed by atoms with Gasteiger partial charge in [0.2, 0.25) is 5.91 Å². The highest BCUT2D eigenvalue weighted by molar-refractivity contribution is 6.13. The summed E-state index contributed by atoms with van der Waals surface area (Å²) in [7, 11) is 0. The Balaban J connectivity index is 1.32. The van der Waals surface area contributed by atoms with Crippen molar-refractivity contribution < 1.29 is 4.79 Å². The molecular weight excluding hydrogens is 416 g/mol. The molecule has 0 aliphatic carbocycles. The zero-order valence-corrected chi connectivity index (χ0v) is 21.0. The highest BCUT2D eigenvalue weighted by Gasteiger charge is 2.06. The van der Waals surface area contributed by atoms with Gasteiger partial charge in [0.15, 0.2) is 0 Å². The van der Waals surface area contributed by atoms with Crippen molar-refractivity contribution in [3.8, 4) is 0 Å². The molecule has 0 atom stereocenters.